The van der Waals surface area contributed by atoms with Crippen LogP contribution in [0.3, 0.4) is 0 Å². The molecule has 1 amide bonds. The summed E-state index contributed by atoms with van der Waals surface area (Å²) in [5.74, 6) is 1.14. The number of ether oxygens (including phenoxy) is 2. The van der Waals surface area contributed by atoms with Gasteiger partial charge in [-0.25, -0.2) is 0 Å². The lowest BCUT2D eigenvalue weighted by Crippen LogP contribution is -2.13. The number of hydrogen-bond donors (Lipinski definition) is 1. The molecule has 0 aliphatic heterocycles. The van der Waals surface area contributed by atoms with E-state index in [1.807, 2.05) is 31.2 Å². The fraction of sp³-hybridized carbons (Fsp3) is 0.136. The normalized spacial score (nSPS) is 10.4. The number of methoxy groups -OCH3 is 1. The van der Waals surface area contributed by atoms with Crippen LogP contribution in [0.15, 0.2) is 60.7 Å². The molecule has 0 saturated heterocycles. The van der Waals surface area contributed by atoms with Crippen molar-refractivity contribution in [1.29, 1.82) is 0 Å². The number of hydrogen-bond acceptors (Lipinski definition) is 3. The van der Waals surface area contributed by atoms with E-state index >= 15 is 0 Å². The monoisotopic (exact) mass is 415 g/mol. The van der Waals surface area contributed by atoms with E-state index < -0.39 is 0 Å². The smallest absolute Gasteiger partial charge is 0.255 e. The van der Waals surface area contributed by atoms with Crippen LogP contribution in [0.1, 0.15) is 21.5 Å². The average molecular weight is 416 g/mol. The molecular weight excluding hydrogens is 397 g/mol. The summed E-state index contributed by atoms with van der Waals surface area (Å²) >= 11 is 11.9. The Morgan fingerprint density at radius 1 is 1.00 bits per heavy atom. The minimum absolute atomic E-state index is 0.266. The number of aryl methyl sites for hydroxylation is 1. The zero-order chi connectivity index (χ0) is 20.1. The molecule has 0 aromatic heterocycles. The van der Waals surface area contributed by atoms with E-state index in [-0.39, 0.29) is 12.5 Å². The predicted octanol–water partition coefficient (Wildman–Crippen LogP) is 6.14. The minimum Gasteiger partial charge on any atom is -0.496 e. The number of carbonyl (C=O) groups excluding carboxylic acids is 1. The van der Waals surface area contributed by atoms with Crippen molar-refractivity contribution in [3.63, 3.8) is 0 Å². The molecule has 3 rings (SSSR count). The van der Waals surface area contributed by atoms with Crippen LogP contribution in [0.2, 0.25) is 10.0 Å². The minimum atomic E-state index is -0.266. The number of amides is 1. The highest BCUT2D eigenvalue weighted by atomic mass is 35.5. The molecule has 0 spiro atoms. The Morgan fingerprint density at radius 2 is 1.82 bits per heavy atom. The molecule has 0 atom stereocenters. The van der Waals surface area contributed by atoms with Crippen LogP contribution < -0.4 is 14.8 Å². The van der Waals surface area contributed by atoms with Gasteiger partial charge in [0.15, 0.2) is 0 Å². The number of benzene rings is 3. The maximum absolute atomic E-state index is 12.6. The second kappa shape index (κ2) is 9.00. The van der Waals surface area contributed by atoms with E-state index in [0.29, 0.717) is 27.0 Å². The maximum Gasteiger partial charge on any atom is 0.255 e. The number of halogens is 2. The van der Waals surface area contributed by atoms with Crippen molar-refractivity contribution < 1.29 is 14.3 Å². The third kappa shape index (κ3) is 4.97. The first kappa shape index (κ1) is 20.1. The van der Waals surface area contributed by atoms with Crippen LogP contribution >= 0.6 is 23.2 Å². The van der Waals surface area contributed by atoms with E-state index in [0.717, 1.165) is 16.9 Å². The van der Waals surface area contributed by atoms with Gasteiger partial charge in [-0.05, 0) is 61.0 Å². The zero-order valence-corrected chi connectivity index (χ0v) is 17.0. The van der Waals surface area contributed by atoms with Crippen molar-refractivity contribution in [1.82, 2.24) is 0 Å². The van der Waals surface area contributed by atoms with Crippen molar-refractivity contribution in [2.45, 2.75) is 13.5 Å². The highest BCUT2D eigenvalue weighted by Crippen LogP contribution is 2.26. The Kier molecular flexibility index (Phi) is 6.45. The van der Waals surface area contributed by atoms with Crippen molar-refractivity contribution in [2.24, 2.45) is 0 Å². The number of nitrogens with one attached hydrogen (secondary N) is 1. The molecule has 28 heavy (non-hydrogen) atoms. The molecule has 0 aliphatic carbocycles. The zero-order valence-electron chi connectivity index (χ0n) is 15.5. The summed E-state index contributed by atoms with van der Waals surface area (Å²) < 4.78 is 11.2. The van der Waals surface area contributed by atoms with E-state index in [4.69, 9.17) is 32.7 Å². The van der Waals surface area contributed by atoms with Gasteiger partial charge < -0.3 is 14.8 Å². The van der Waals surface area contributed by atoms with Crippen LogP contribution in [-0.2, 0) is 6.61 Å². The summed E-state index contributed by atoms with van der Waals surface area (Å²) in [4.78, 5) is 12.6. The van der Waals surface area contributed by atoms with E-state index in [1.165, 1.54) is 0 Å². The van der Waals surface area contributed by atoms with Gasteiger partial charge in [-0.3, -0.25) is 4.79 Å². The lowest BCUT2D eigenvalue weighted by atomic mass is 10.1. The molecule has 4 nitrogen and oxygen atoms in total. The molecular formula is C22H19Cl2NO3. The van der Waals surface area contributed by atoms with Crippen LogP contribution in [0.4, 0.5) is 5.69 Å². The van der Waals surface area contributed by atoms with Gasteiger partial charge in [0.05, 0.1) is 17.2 Å². The lowest BCUT2D eigenvalue weighted by molar-refractivity contribution is 0.102. The first-order valence-corrected chi connectivity index (χ1v) is 9.34. The molecule has 6 heteroatoms. The second-order valence-corrected chi connectivity index (χ2v) is 7.03. The van der Waals surface area contributed by atoms with E-state index in [1.54, 1.807) is 43.5 Å². The first-order chi connectivity index (χ1) is 13.5. The third-order valence-corrected chi connectivity index (χ3v) is 4.84. The Hall–Kier alpha value is -2.69. The molecule has 0 heterocycles. The van der Waals surface area contributed by atoms with Crippen molar-refractivity contribution in [2.75, 3.05) is 12.4 Å². The molecule has 1 N–H and O–H groups in total. The molecule has 3 aromatic carbocycles. The first-order valence-electron chi connectivity index (χ1n) is 8.59. The Bertz CT molecular complexity index is 1000. The van der Waals surface area contributed by atoms with Gasteiger partial charge in [0.2, 0.25) is 0 Å². The molecule has 0 radical (unpaired) electrons. The number of carbonyl (C=O) groups is 1. The highest BCUT2D eigenvalue weighted by molar-refractivity contribution is 6.42. The summed E-state index contributed by atoms with van der Waals surface area (Å²) in [7, 11) is 1.58. The molecule has 144 valence electrons. The second-order valence-electron chi connectivity index (χ2n) is 6.21. The number of rotatable bonds is 6. The number of anilines is 1. The SMILES string of the molecule is COc1ccc(C(=O)Nc2ccc(Cl)c(Cl)c2)cc1COc1cccc(C)c1. The van der Waals surface area contributed by atoms with Gasteiger partial charge in [0.1, 0.15) is 18.1 Å². The summed E-state index contributed by atoms with van der Waals surface area (Å²) in [6.07, 6.45) is 0. The van der Waals surface area contributed by atoms with Crippen LogP contribution in [0, 0.1) is 6.92 Å². The predicted molar refractivity (Wildman–Crippen MR) is 113 cm³/mol. The summed E-state index contributed by atoms with van der Waals surface area (Å²) in [5.41, 5.74) is 2.92. The van der Waals surface area contributed by atoms with E-state index in [2.05, 4.69) is 5.32 Å². The van der Waals surface area contributed by atoms with Gasteiger partial charge in [-0.1, -0.05) is 35.3 Å². The Labute approximate surface area is 174 Å². The maximum atomic E-state index is 12.6. The summed E-state index contributed by atoms with van der Waals surface area (Å²) in [6, 6.07) is 17.9. The van der Waals surface area contributed by atoms with E-state index in [9.17, 15) is 4.79 Å². The van der Waals surface area contributed by atoms with Gasteiger partial charge in [-0.15, -0.1) is 0 Å². The molecule has 0 bridgehead atoms. The largest absolute Gasteiger partial charge is 0.496 e. The molecule has 3 aromatic rings. The van der Waals surface area contributed by atoms with Gasteiger partial charge in [0, 0.05) is 16.8 Å². The molecule has 0 fully saturated rings. The fourth-order valence-corrected chi connectivity index (χ4v) is 2.97. The lowest BCUT2D eigenvalue weighted by Gasteiger charge is -2.13. The molecule has 0 aliphatic rings. The van der Waals surface area contributed by atoms with Crippen molar-refractivity contribution in [3.8, 4) is 11.5 Å². The summed E-state index contributed by atoms with van der Waals surface area (Å²) in [5, 5.41) is 3.62. The average Bonchev–Trinajstić information content (AvgIpc) is 2.69. The Morgan fingerprint density at radius 3 is 2.54 bits per heavy atom. The summed E-state index contributed by atoms with van der Waals surface area (Å²) in [6.45, 7) is 2.28. The van der Waals surface area contributed by atoms with Crippen LogP contribution in [0.25, 0.3) is 0 Å². The fourth-order valence-electron chi connectivity index (χ4n) is 2.68. The topological polar surface area (TPSA) is 47.6 Å². The quantitative estimate of drug-likeness (QED) is 0.525. The third-order valence-electron chi connectivity index (χ3n) is 4.10. The van der Waals surface area contributed by atoms with Crippen molar-refractivity contribution in [3.05, 3.63) is 87.4 Å². The van der Waals surface area contributed by atoms with Gasteiger partial charge in [0.25, 0.3) is 5.91 Å². The van der Waals surface area contributed by atoms with Gasteiger partial charge in [-0.2, -0.15) is 0 Å². The van der Waals surface area contributed by atoms with Crippen molar-refractivity contribution >= 4 is 34.8 Å². The Balaban J connectivity index is 1.77. The highest BCUT2D eigenvalue weighted by Gasteiger charge is 2.12. The van der Waals surface area contributed by atoms with Crippen LogP contribution in [0.5, 0.6) is 11.5 Å². The molecule has 0 saturated carbocycles. The van der Waals surface area contributed by atoms with Gasteiger partial charge >= 0.3 is 0 Å². The standard InChI is InChI=1S/C22H19Cl2NO3/c1-14-4-3-5-18(10-14)28-13-16-11-15(6-9-21(16)27-2)22(26)25-17-7-8-19(23)20(24)12-17/h3-12H,13H2,1-2H3,(H,25,26). The molecule has 0 unspecified atom stereocenters. The van der Waals surface area contributed by atoms with Crippen LogP contribution in [-0.4, -0.2) is 13.0 Å².